The number of nitrogens with zero attached hydrogens (tertiary/aromatic N) is 1. The van der Waals surface area contributed by atoms with E-state index >= 15 is 0 Å². The number of carbonyl (C=O) groups excluding carboxylic acids is 1. The molecule has 1 heterocycles. The quantitative estimate of drug-likeness (QED) is 0.515. The van der Waals surface area contributed by atoms with Gasteiger partial charge in [-0.1, -0.05) is 12.1 Å². The number of aliphatic hydroxyl groups is 1. The van der Waals surface area contributed by atoms with E-state index in [4.69, 9.17) is 9.31 Å². The molecular weight excluding hydrogens is 257 g/mol. The summed E-state index contributed by atoms with van der Waals surface area (Å²) < 4.78 is 11.9. The molecule has 1 aromatic rings. The third-order valence-corrected chi connectivity index (χ3v) is 3.97. The molecule has 106 valence electrons. The van der Waals surface area contributed by atoms with Crippen molar-refractivity contribution in [1.82, 2.24) is 0 Å². The van der Waals surface area contributed by atoms with Crippen molar-refractivity contribution in [2.75, 3.05) is 0 Å². The summed E-state index contributed by atoms with van der Waals surface area (Å²) in [6.07, 6.45) is 1.48. The van der Waals surface area contributed by atoms with Crippen molar-refractivity contribution >= 4 is 24.3 Å². The van der Waals surface area contributed by atoms with Gasteiger partial charge >= 0.3 is 7.12 Å². The van der Waals surface area contributed by atoms with Crippen molar-refractivity contribution < 1.29 is 19.2 Å². The summed E-state index contributed by atoms with van der Waals surface area (Å²) in [6.45, 7) is 7.69. The SMILES string of the molecule is CC1(C)OB(c2ccc(N=C=O)c(CO)c2)OC1(C)C. The first-order valence-electron chi connectivity index (χ1n) is 6.48. The molecule has 1 N–H and O–H groups in total. The highest BCUT2D eigenvalue weighted by molar-refractivity contribution is 6.62. The Morgan fingerprint density at radius 2 is 1.85 bits per heavy atom. The maximum Gasteiger partial charge on any atom is 0.494 e. The molecule has 2 rings (SSSR count). The summed E-state index contributed by atoms with van der Waals surface area (Å²) >= 11 is 0. The summed E-state index contributed by atoms with van der Waals surface area (Å²) in [5.74, 6) is 0. The van der Waals surface area contributed by atoms with Crippen molar-refractivity contribution in [3.63, 3.8) is 0 Å². The van der Waals surface area contributed by atoms with Crippen LogP contribution in [0.3, 0.4) is 0 Å². The molecule has 1 aliphatic heterocycles. The van der Waals surface area contributed by atoms with Gasteiger partial charge in [0.25, 0.3) is 0 Å². The van der Waals surface area contributed by atoms with Crippen LogP contribution in [0.1, 0.15) is 33.3 Å². The fourth-order valence-electron chi connectivity index (χ4n) is 2.02. The normalized spacial score (nSPS) is 19.8. The molecule has 6 heteroatoms. The van der Waals surface area contributed by atoms with Gasteiger partial charge in [0.1, 0.15) is 0 Å². The first-order chi connectivity index (χ1) is 9.30. The lowest BCUT2D eigenvalue weighted by Crippen LogP contribution is -2.41. The third-order valence-electron chi connectivity index (χ3n) is 3.97. The lowest BCUT2D eigenvalue weighted by Gasteiger charge is -2.32. The van der Waals surface area contributed by atoms with E-state index in [0.29, 0.717) is 11.3 Å². The van der Waals surface area contributed by atoms with Gasteiger partial charge in [-0.2, -0.15) is 4.99 Å². The standard InChI is InChI=1S/C14H18BNO4/c1-13(2)14(3,4)20-15(19-13)11-5-6-12(16-9-18)10(7-11)8-17/h5-7,17H,8H2,1-4H3. The van der Waals surface area contributed by atoms with Gasteiger partial charge in [-0.3, -0.25) is 0 Å². The zero-order valence-corrected chi connectivity index (χ0v) is 12.1. The first kappa shape index (κ1) is 14.9. The topological polar surface area (TPSA) is 68.1 Å². The average Bonchev–Trinajstić information content (AvgIpc) is 2.59. The van der Waals surface area contributed by atoms with E-state index in [1.807, 2.05) is 27.7 Å². The predicted molar refractivity (Wildman–Crippen MR) is 75.9 cm³/mol. The van der Waals surface area contributed by atoms with Crippen LogP contribution in [-0.4, -0.2) is 29.5 Å². The molecule has 0 bridgehead atoms. The molecule has 0 saturated carbocycles. The largest absolute Gasteiger partial charge is 0.494 e. The number of hydrogen-bond donors (Lipinski definition) is 1. The van der Waals surface area contributed by atoms with Crippen LogP contribution in [0.15, 0.2) is 23.2 Å². The van der Waals surface area contributed by atoms with Gasteiger partial charge in [0.05, 0.1) is 23.5 Å². The Bertz CT molecular complexity index is 548. The molecule has 0 aliphatic carbocycles. The number of hydrogen-bond acceptors (Lipinski definition) is 5. The van der Waals surface area contributed by atoms with Crippen LogP contribution >= 0.6 is 0 Å². The van der Waals surface area contributed by atoms with Crippen molar-refractivity contribution in [2.24, 2.45) is 4.99 Å². The van der Waals surface area contributed by atoms with E-state index in [0.717, 1.165) is 5.46 Å². The summed E-state index contributed by atoms with van der Waals surface area (Å²) in [5, 5.41) is 9.35. The van der Waals surface area contributed by atoms with Gasteiger partial charge in [-0.25, -0.2) is 4.79 Å². The second-order valence-electron chi connectivity index (χ2n) is 5.84. The number of aliphatic imine (C=N–C) groups is 1. The third kappa shape index (κ3) is 2.56. The van der Waals surface area contributed by atoms with Crippen molar-refractivity contribution in [2.45, 2.75) is 45.5 Å². The molecule has 0 aromatic heterocycles. The van der Waals surface area contributed by atoms with Gasteiger partial charge in [0.2, 0.25) is 6.08 Å². The summed E-state index contributed by atoms with van der Waals surface area (Å²) in [5.41, 5.74) is 0.897. The molecule has 1 saturated heterocycles. The molecule has 0 spiro atoms. The van der Waals surface area contributed by atoms with E-state index in [1.165, 1.54) is 6.08 Å². The van der Waals surface area contributed by atoms with Gasteiger partial charge in [-0.15, -0.1) is 0 Å². The molecule has 1 fully saturated rings. The lowest BCUT2D eigenvalue weighted by molar-refractivity contribution is 0.00578. The Balaban J connectivity index is 2.34. The highest BCUT2D eigenvalue weighted by Crippen LogP contribution is 2.36. The summed E-state index contributed by atoms with van der Waals surface area (Å²) in [6, 6.07) is 5.16. The first-order valence-corrected chi connectivity index (χ1v) is 6.48. The van der Waals surface area contributed by atoms with E-state index in [2.05, 4.69) is 4.99 Å². The van der Waals surface area contributed by atoms with Crippen LogP contribution in [0.2, 0.25) is 0 Å². The Morgan fingerprint density at radius 3 is 2.35 bits per heavy atom. The van der Waals surface area contributed by atoms with E-state index in [9.17, 15) is 9.90 Å². The van der Waals surface area contributed by atoms with Gasteiger partial charge in [0.15, 0.2) is 0 Å². The van der Waals surface area contributed by atoms with Crippen LogP contribution in [0.25, 0.3) is 0 Å². The summed E-state index contributed by atoms with van der Waals surface area (Å²) in [4.78, 5) is 13.9. The van der Waals surface area contributed by atoms with Crippen LogP contribution in [-0.2, 0) is 20.7 Å². The average molecular weight is 275 g/mol. The van der Waals surface area contributed by atoms with Crippen molar-refractivity contribution in [3.8, 4) is 0 Å². The fourth-order valence-corrected chi connectivity index (χ4v) is 2.02. The van der Waals surface area contributed by atoms with E-state index in [-0.39, 0.29) is 6.61 Å². The van der Waals surface area contributed by atoms with Crippen LogP contribution < -0.4 is 5.46 Å². The Labute approximate surface area is 118 Å². The second kappa shape index (κ2) is 5.15. The smallest absolute Gasteiger partial charge is 0.399 e. The van der Waals surface area contributed by atoms with Gasteiger partial charge in [0, 0.05) is 5.56 Å². The van der Waals surface area contributed by atoms with Gasteiger partial charge in [-0.05, 0) is 39.2 Å². The highest BCUT2D eigenvalue weighted by Gasteiger charge is 2.51. The van der Waals surface area contributed by atoms with Crippen molar-refractivity contribution in [1.29, 1.82) is 0 Å². The lowest BCUT2D eigenvalue weighted by atomic mass is 9.78. The van der Waals surface area contributed by atoms with Crippen LogP contribution in [0.4, 0.5) is 5.69 Å². The zero-order chi connectivity index (χ0) is 15.0. The molecule has 1 aliphatic rings. The molecule has 5 nitrogen and oxygen atoms in total. The molecule has 0 radical (unpaired) electrons. The number of isocyanates is 1. The predicted octanol–water partition coefficient (Wildman–Crippen LogP) is 1.45. The van der Waals surface area contributed by atoms with Gasteiger partial charge < -0.3 is 14.4 Å². The van der Waals surface area contributed by atoms with Crippen LogP contribution in [0.5, 0.6) is 0 Å². The molecule has 20 heavy (non-hydrogen) atoms. The van der Waals surface area contributed by atoms with E-state index < -0.39 is 18.3 Å². The zero-order valence-electron chi connectivity index (χ0n) is 12.1. The monoisotopic (exact) mass is 275 g/mol. The summed E-state index contributed by atoms with van der Waals surface area (Å²) in [7, 11) is -0.500. The van der Waals surface area contributed by atoms with Crippen LogP contribution in [0, 0.1) is 0 Å². The Hall–Kier alpha value is -1.46. The number of aliphatic hydroxyl groups excluding tert-OH is 1. The maximum absolute atomic E-state index is 10.3. The van der Waals surface area contributed by atoms with Crippen molar-refractivity contribution in [3.05, 3.63) is 23.8 Å². The molecule has 0 amide bonds. The minimum absolute atomic E-state index is 0.214. The minimum Gasteiger partial charge on any atom is -0.399 e. The Kier molecular flexibility index (Phi) is 3.85. The highest BCUT2D eigenvalue weighted by atomic mass is 16.7. The second-order valence-corrected chi connectivity index (χ2v) is 5.84. The molecule has 1 aromatic carbocycles. The minimum atomic E-state index is -0.500. The Morgan fingerprint density at radius 1 is 1.25 bits per heavy atom. The number of benzene rings is 1. The molecule has 0 unspecified atom stereocenters. The fraction of sp³-hybridized carbons (Fsp3) is 0.500. The number of rotatable bonds is 3. The molecular formula is C14H18BNO4. The molecule has 0 atom stereocenters. The maximum atomic E-state index is 10.3. The van der Waals surface area contributed by atoms with E-state index in [1.54, 1.807) is 18.2 Å².